The van der Waals surface area contributed by atoms with E-state index in [-0.39, 0.29) is 13.0 Å². The van der Waals surface area contributed by atoms with Crippen LogP contribution in [0.5, 0.6) is 0 Å². The lowest BCUT2D eigenvalue weighted by Crippen LogP contribution is -2.30. The van der Waals surface area contributed by atoms with Gasteiger partial charge >= 0.3 is 12.1 Å². The van der Waals surface area contributed by atoms with E-state index in [1.807, 2.05) is 54.6 Å². The van der Waals surface area contributed by atoms with E-state index in [0.717, 1.165) is 16.7 Å². The quantitative estimate of drug-likeness (QED) is 0.789. The molecule has 0 saturated heterocycles. The summed E-state index contributed by atoms with van der Waals surface area (Å²) in [7, 11) is 0. The van der Waals surface area contributed by atoms with E-state index in [4.69, 9.17) is 9.84 Å². The molecule has 0 fully saturated rings. The van der Waals surface area contributed by atoms with Gasteiger partial charge in [-0.05, 0) is 22.6 Å². The summed E-state index contributed by atoms with van der Waals surface area (Å²) in [5.41, 5.74) is 2.77. The second-order valence-corrected chi connectivity index (χ2v) is 6.18. The van der Waals surface area contributed by atoms with Crippen LogP contribution in [0.15, 0.2) is 54.6 Å². The third kappa shape index (κ3) is 5.95. The summed E-state index contributed by atoms with van der Waals surface area (Å²) in [5.74, 6) is -0.600. The van der Waals surface area contributed by atoms with Crippen molar-refractivity contribution < 1.29 is 19.4 Å². The van der Waals surface area contributed by atoms with Gasteiger partial charge in [0.25, 0.3) is 0 Å². The van der Waals surface area contributed by atoms with Gasteiger partial charge in [-0.3, -0.25) is 4.79 Å². The first kappa shape index (κ1) is 18.5. The van der Waals surface area contributed by atoms with Crippen LogP contribution in [0.3, 0.4) is 0 Å². The molecular formula is C20H23NO4. The number of hydrogen-bond donors (Lipinski definition) is 2. The van der Waals surface area contributed by atoms with Crippen molar-refractivity contribution in [3.8, 4) is 0 Å². The molecule has 0 bridgehead atoms. The van der Waals surface area contributed by atoms with Gasteiger partial charge in [-0.1, -0.05) is 68.4 Å². The van der Waals surface area contributed by atoms with Gasteiger partial charge in [-0.25, -0.2) is 4.79 Å². The Labute approximate surface area is 147 Å². The molecule has 0 aliphatic rings. The van der Waals surface area contributed by atoms with Crippen LogP contribution < -0.4 is 5.32 Å². The van der Waals surface area contributed by atoms with Gasteiger partial charge in [0.1, 0.15) is 6.61 Å². The zero-order chi connectivity index (χ0) is 18.2. The first-order chi connectivity index (χ1) is 12.0. The summed E-state index contributed by atoms with van der Waals surface area (Å²) < 4.78 is 5.18. The number of aliphatic carboxylic acids is 1. The molecule has 2 rings (SSSR count). The number of amides is 1. The molecule has 1 amide bonds. The fourth-order valence-corrected chi connectivity index (χ4v) is 2.45. The van der Waals surface area contributed by atoms with Gasteiger partial charge in [0.15, 0.2) is 0 Å². The number of carbonyl (C=O) groups excluding carboxylic acids is 1. The van der Waals surface area contributed by atoms with Gasteiger partial charge in [0.05, 0.1) is 12.5 Å². The minimum Gasteiger partial charge on any atom is -0.481 e. The van der Waals surface area contributed by atoms with Crippen molar-refractivity contribution in [1.82, 2.24) is 5.32 Å². The molecule has 0 aromatic heterocycles. The summed E-state index contributed by atoms with van der Waals surface area (Å²) in [4.78, 5) is 23.2. The van der Waals surface area contributed by atoms with Crippen LogP contribution in [-0.4, -0.2) is 17.2 Å². The molecule has 0 heterocycles. The van der Waals surface area contributed by atoms with E-state index in [1.54, 1.807) is 0 Å². The molecule has 5 heteroatoms. The van der Waals surface area contributed by atoms with Crippen LogP contribution in [0.2, 0.25) is 0 Å². The highest BCUT2D eigenvalue weighted by atomic mass is 16.5. The minimum absolute atomic E-state index is 0.138. The van der Waals surface area contributed by atoms with E-state index in [2.05, 4.69) is 19.2 Å². The third-order valence-corrected chi connectivity index (χ3v) is 3.89. The van der Waals surface area contributed by atoms with Crippen LogP contribution in [0.25, 0.3) is 0 Å². The molecule has 1 unspecified atom stereocenters. The normalized spacial score (nSPS) is 11.8. The first-order valence-corrected chi connectivity index (χ1v) is 8.24. The highest BCUT2D eigenvalue weighted by Gasteiger charge is 2.19. The molecular weight excluding hydrogens is 318 g/mol. The number of hydrogen-bond acceptors (Lipinski definition) is 3. The Kier molecular flexibility index (Phi) is 6.57. The Morgan fingerprint density at radius 1 is 1.00 bits per heavy atom. The second kappa shape index (κ2) is 8.87. The largest absolute Gasteiger partial charge is 0.481 e. The topological polar surface area (TPSA) is 75.6 Å². The van der Waals surface area contributed by atoms with Crippen LogP contribution in [0.1, 0.15) is 48.9 Å². The monoisotopic (exact) mass is 341 g/mol. The van der Waals surface area contributed by atoms with Crippen LogP contribution in [0.4, 0.5) is 4.79 Å². The number of rotatable bonds is 7. The maximum atomic E-state index is 12.0. The minimum atomic E-state index is -0.985. The zero-order valence-electron chi connectivity index (χ0n) is 14.4. The smallest absolute Gasteiger partial charge is 0.407 e. The van der Waals surface area contributed by atoms with Crippen molar-refractivity contribution in [2.45, 2.75) is 38.8 Å². The lowest BCUT2D eigenvalue weighted by Gasteiger charge is -2.18. The van der Waals surface area contributed by atoms with Crippen LogP contribution in [0, 0.1) is 0 Å². The number of alkyl carbamates (subject to hydrolysis) is 1. The molecule has 132 valence electrons. The Morgan fingerprint density at radius 2 is 1.60 bits per heavy atom. The lowest BCUT2D eigenvalue weighted by molar-refractivity contribution is -0.137. The van der Waals surface area contributed by atoms with E-state index in [9.17, 15) is 9.59 Å². The van der Waals surface area contributed by atoms with Crippen LogP contribution >= 0.6 is 0 Å². The summed E-state index contributed by atoms with van der Waals surface area (Å²) in [6, 6.07) is 16.3. The molecule has 5 nitrogen and oxygen atoms in total. The number of carboxylic acids is 1. The molecule has 1 atom stereocenters. The Bertz CT molecular complexity index is 695. The predicted molar refractivity (Wildman–Crippen MR) is 95.3 cm³/mol. The molecule has 2 aromatic carbocycles. The molecule has 0 aliphatic carbocycles. The fraction of sp³-hybridized carbons (Fsp3) is 0.300. The van der Waals surface area contributed by atoms with Gasteiger partial charge in [0.2, 0.25) is 0 Å². The van der Waals surface area contributed by atoms with Crippen molar-refractivity contribution in [3.63, 3.8) is 0 Å². The number of benzene rings is 2. The highest BCUT2D eigenvalue weighted by Crippen LogP contribution is 2.21. The average Bonchev–Trinajstić information content (AvgIpc) is 2.60. The Morgan fingerprint density at radius 3 is 2.16 bits per heavy atom. The summed E-state index contributed by atoms with van der Waals surface area (Å²) in [5, 5.41) is 11.8. The van der Waals surface area contributed by atoms with Crippen molar-refractivity contribution in [3.05, 3.63) is 71.3 Å². The van der Waals surface area contributed by atoms with Gasteiger partial charge in [-0.2, -0.15) is 0 Å². The molecule has 0 saturated carbocycles. The SMILES string of the molecule is CC(C)c1ccc(C(CC(=O)O)NC(=O)OCc2ccccc2)cc1. The highest BCUT2D eigenvalue weighted by molar-refractivity contribution is 5.72. The summed E-state index contributed by atoms with van der Waals surface area (Å²) in [6.45, 7) is 4.31. The number of ether oxygens (including phenoxy) is 1. The number of carboxylic acid groups (broad SMARTS) is 1. The van der Waals surface area contributed by atoms with Crippen LogP contribution in [-0.2, 0) is 16.1 Å². The van der Waals surface area contributed by atoms with Crippen molar-refractivity contribution in [2.75, 3.05) is 0 Å². The van der Waals surface area contributed by atoms with Crippen molar-refractivity contribution in [1.29, 1.82) is 0 Å². The zero-order valence-corrected chi connectivity index (χ0v) is 14.4. The molecule has 2 aromatic rings. The Balaban J connectivity index is 2.01. The van der Waals surface area contributed by atoms with Gasteiger partial charge < -0.3 is 15.2 Å². The van der Waals surface area contributed by atoms with Crippen molar-refractivity contribution >= 4 is 12.1 Å². The first-order valence-electron chi connectivity index (χ1n) is 8.24. The Hall–Kier alpha value is -2.82. The summed E-state index contributed by atoms with van der Waals surface area (Å²) >= 11 is 0. The van der Waals surface area contributed by atoms with Gasteiger partial charge in [-0.15, -0.1) is 0 Å². The van der Waals surface area contributed by atoms with E-state index < -0.39 is 18.1 Å². The molecule has 0 spiro atoms. The molecule has 2 N–H and O–H groups in total. The van der Waals surface area contributed by atoms with Gasteiger partial charge in [0, 0.05) is 0 Å². The molecule has 0 radical (unpaired) electrons. The van der Waals surface area contributed by atoms with E-state index in [0.29, 0.717) is 5.92 Å². The van der Waals surface area contributed by atoms with Crippen molar-refractivity contribution in [2.24, 2.45) is 0 Å². The second-order valence-electron chi connectivity index (χ2n) is 6.18. The maximum absolute atomic E-state index is 12.0. The van der Waals surface area contributed by atoms with E-state index >= 15 is 0 Å². The number of carbonyl (C=O) groups is 2. The molecule has 25 heavy (non-hydrogen) atoms. The predicted octanol–water partition coefficient (Wildman–Crippen LogP) is 4.25. The summed E-state index contributed by atoms with van der Waals surface area (Å²) in [6.07, 6.45) is -0.843. The third-order valence-electron chi connectivity index (χ3n) is 3.89. The average molecular weight is 341 g/mol. The standard InChI is InChI=1S/C20H23NO4/c1-14(2)16-8-10-17(11-9-16)18(12-19(22)23)21-20(24)25-13-15-6-4-3-5-7-15/h3-11,14,18H,12-13H2,1-2H3,(H,21,24)(H,22,23). The maximum Gasteiger partial charge on any atom is 0.407 e. The van der Waals surface area contributed by atoms with E-state index in [1.165, 1.54) is 0 Å². The lowest BCUT2D eigenvalue weighted by atomic mass is 9.98. The molecule has 0 aliphatic heterocycles. The number of nitrogens with one attached hydrogen (secondary N) is 1. The fourth-order valence-electron chi connectivity index (χ4n) is 2.45.